The molecule has 1 aromatic heterocycles. The number of hydrogen-bond donors (Lipinski definition) is 1. The van der Waals surface area contributed by atoms with Gasteiger partial charge >= 0.3 is 0 Å². The molecule has 0 saturated heterocycles. The highest BCUT2D eigenvalue weighted by Crippen LogP contribution is 2.07. The summed E-state index contributed by atoms with van der Waals surface area (Å²) >= 11 is 5.73. The quantitative estimate of drug-likeness (QED) is 0.804. The minimum atomic E-state index is -0.150. The Balaban J connectivity index is 2.64. The molecule has 0 aliphatic carbocycles. The highest BCUT2D eigenvalue weighted by molar-refractivity contribution is 6.29. The standard InChI is InChI=1S/C12H17ClN2O/c1-3-6-9(4-2)14-12(16)10-7-5-8-11(13)15-10/h5,7-9H,3-4,6H2,1-2H3,(H,14,16). The number of carbonyl (C=O) groups excluding carboxylic acids is 1. The van der Waals surface area contributed by atoms with Gasteiger partial charge in [-0.3, -0.25) is 4.79 Å². The third-order valence-electron chi connectivity index (χ3n) is 2.41. The molecule has 1 heterocycles. The van der Waals surface area contributed by atoms with E-state index in [0.717, 1.165) is 19.3 Å². The highest BCUT2D eigenvalue weighted by atomic mass is 35.5. The van der Waals surface area contributed by atoms with Crippen LogP contribution in [0.2, 0.25) is 5.15 Å². The highest BCUT2D eigenvalue weighted by Gasteiger charge is 2.12. The van der Waals surface area contributed by atoms with E-state index in [4.69, 9.17) is 11.6 Å². The summed E-state index contributed by atoms with van der Waals surface area (Å²) in [6, 6.07) is 5.27. The molecule has 1 rings (SSSR count). The van der Waals surface area contributed by atoms with E-state index in [-0.39, 0.29) is 11.9 Å². The zero-order chi connectivity index (χ0) is 12.0. The topological polar surface area (TPSA) is 42.0 Å². The molecule has 1 aromatic rings. The van der Waals surface area contributed by atoms with E-state index in [0.29, 0.717) is 10.8 Å². The average Bonchev–Trinajstić information content (AvgIpc) is 2.28. The van der Waals surface area contributed by atoms with Crippen molar-refractivity contribution >= 4 is 17.5 Å². The summed E-state index contributed by atoms with van der Waals surface area (Å²) in [5, 5.41) is 3.29. The van der Waals surface area contributed by atoms with E-state index in [1.807, 2.05) is 0 Å². The summed E-state index contributed by atoms with van der Waals surface area (Å²) in [7, 11) is 0. The van der Waals surface area contributed by atoms with Crippen LogP contribution in [0.15, 0.2) is 18.2 Å². The van der Waals surface area contributed by atoms with Gasteiger partial charge in [-0.05, 0) is 25.0 Å². The molecular formula is C12H17ClN2O. The molecule has 0 aliphatic rings. The Kier molecular flexibility index (Phi) is 5.26. The predicted octanol–water partition coefficient (Wildman–Crippen LogP) is 3.04. The molecule has 1 amide bonds. The third kappa shape index (κ3) is 3.81. The van der Waals surface area contributed by atoms with Crippen LogP contribution in [0.5, 0.6) is 0 Å². The molecule has 1 atom stereocenters. The molecule has 0 radical (unpaired) electrons. The summed E-state index contributed by atoms with van der Waals surface area (Å²) < 4.78 is 0. The van der Waals surface area contributed by atoms with E-state index in [1.165, 1.54) is 0 Å². The Morgan fingerprint density at radius 2 is 2.25 bits per heavy atom. The van der Waals surface area contributed by atoms with Gasteiger partial charge in [0.25, 0.3) is 5.91 Å². The first kappa shape index (κ1) is 13.0. The third-order valence-corrected chi connectivity index (χ3v) is 2.62. The second-order valence-electron chi connectivity index (χ2n) is 3.71. The van der Waals surface area contributed by atoms with E-state index in [2.05, 4.69) is 24.1 Å². The van der Waals surface area contributed by atoms with Crippen LogP contribution in [0.4, 0.5) is 0 Å². The number of pyridine rings is 1. The summed E-state index contributed by atoms with van der Waals surface area (Å²) in [6.45, 7) is 4.17. The van der Waals surface area contributed by atoms with Gasteiger partial charge in [0.2, 0.25) is 0 Å². The van der Waals surface area contributed by atoms with Crippen LogP contribution in [0.3, 0.4) is 0 Å². The normalized spacial score (nSPS) is 12.2. The Hall–Kier alpha value is -1.09. The molecule has 4 heteroatoms. The Labute approximate surface area is 101 Å². The summed E-state index contributed by atoms with van der Waals surface area (Å²) in [5.74, 6) is -0.150. The van der Waals surface area contributed by atoms with Crippen LogP contribution in [-0.4, -0.2) is 16.9 Å². The van der Waals surface area contributed by atoms with Crippen molar-refractivity contribution in [3.63, 3.8) is 0 Å². The van der Waals surface area contributed by atoms with Gasteiger partial charge in [0.1, 0.15) is 10.8 Å². The van der Waals surface area contributed by atoms with E-state index < -0.39 is 0 Å². The molecule has 88 valence electrons. The Morgan fingerprint density at radius 1 is 1.50 bits per heavy atom. The van der Waals surface area contributed by atoms with Crippen molar-refractivity contribution in [2.45, 2.75) is 39.2 Å². The van der Waals surface area contributed by atoms with Gasteiger partial charge in [-0.15, -0.1) is 0 Å². The maximum Gasteiger partial charge on any atom is 0.270 e. The predicted molar refractivity (Wildman–Crippen MR) is 65.7 cm³/mol. The molecule has 16 heavy (non-hydrogen) atoms. The Bertz CT molecular complexity index is 355. The molecule has 1 unspecified atom stereocenters. The number of carbonyl (C=O) groups is 1. The maximum atomic E-state index is 11.8. The summed E-state index contributed by atoms with van der Waals surface area (Å²) in [6.07, 6.45) is 2.98. The Morgan fingerprint density at radius 3 is 2.81 bits per heavy atom. The van der Waals surface area contributed by atoms with Gasteiger partial charge in [0.15, 0.2) is 0 Å². The van der Waals surface area contributed by atoms with Crippen molar-refractivity contribution in [3.05, 3.63) is 29.0 Å². The van der Waals surface area contributed by atoms with Crippen LogP contribution < -0.4 is 5.32 Å². The average molecular weight is 241 g/mol. The molecule has 0 saturated carbocycles. The fraction of sp³-hybridized carbons (Fsp3) is 0.500. The molecule has 0 spiro atoms. The lowest BCUT2D eigenvalue weighted by atomic mass is 10.1. The van der Waals surface area contributed by atoms with Gasteiger partial charge in [-0.25, -0.2) is 4.98 Å². The monoisotopic (exact) mass is 240 g/mol. The van der Waals surface area contributed by atoms with Crippen molar-refractivity contribution in [1.82, 2.24) is 10.3 Å². The largest absolute Gasteiger partial charge is 0.348 e. The minimum absolute atomic E-state index is 0.150. The lowest BCUT2D eigenvalue weighted by molar-refractivity contribution is 0.0928. The zero-order valence-corrected chi connectivity index (χ0v) is 10.4. The number of aromatic nitrogens is 1. The van der Waals surface area contributed by atoms with Gasteiger partial charge in [0.05, 0.1) is 0 Å². The number of rotatable bonds is 5. The second-order valence-corrected chi connectivity index (χ2v) is 4.10. The van der Waals surface area contributed by atoms with Crippen molar-refractivity contribution < 1.29 is 4.79 Å². The van der Waals surface area contributed by atoms with Crippen LogP contribution in [0.25, 0.3) is 0 Å². The van der Waals surface area contributed by atoms with Crippen molar-refractivity contribution in [2.24, 2.45) is 0 Å². The maximum absolute atomic E-state index is 11.8. The van der Waals surface area contributed by atoms with E-state index in [1.54, 1.807) is 18.2 Å². The fourth-order valence-electron chi connectivity index (χ4n) is 1.52. The number of nitrogens with zero attached hydrogens (tertiary/aromatic N) is 1. The molecule has 0 fully saturated rings. The van der Waals surface area contributed by atoms with Crippen molar-refractivity contribution in [2.75, 3.05) is 0 Å². The van der Waals surface area contributed by atoms with E-state index in [9.17, 15) is 4.79 Å². The summed E-state index contributed by atoms with van der Waals surface area (Å²) in [5.41, 5.74) is 0.377. The van der Waals surface area contributed by atoms with E-state index >= 15 is 0 Å². The minimum Gasteiger partial charge on any atom is -0.348 e. The molecule has 0 aromatic carbocycles. The SMILES string of the molecule is CCCC(CC)NC(=O)c1cccc(Cl)n1. The van der Waals surface area contributed by atoms with Gasteiger partial charge < -0.3 is 5.32 Å². The number of amides is 1. The number of nitrogens with one attached hydrogen (secondary N) is 1. The molecule has 0 bridgehead atoms. The zero-order valence-electron chi connectivity index (χ0n) is 9.66. The molecule has 1 N–H and O–H groups in total. The molecular weight excluding hydrogens is 224 g/mol. The van der Waals surface area contributed by atoms with Gasteiger partial charge in [0, 0.05) is 6.04 Å². The first-order valence-corrected chi connectivity index (χ1v) is 5.98. The smallest absolute Gasteiger partial charge is 0.270 e. The van der Waals surface area contributed by atoms with Crippen molar-refractivity contribution in [3.8, 4) is 0 Å². The van der Waals surface area contributed by atoms with Crippen LogP contribution in [0.1, 0.15) is 43.6 Å². The van der Waals surface area contributed by atoms with Gasteiger partial charge in [-0.2, -0.15) is 0 Å². The van der Waals surface area contributed by atoms with Crippen LogP contribution >= 0.6 is 11.6 Å². The van der Waals surface area contributed by atoms with Crippen LogP contribution in [-0.2, 0) is 0 Å². The van der Waals surface area contributed by atoms with Gasteiger partial charge in [-0.1, -0.05) is 37.9 Å². The van der Waals surface area contributed by atoms with Crippen LogP contribution in [0, 0.1) is 0 Å². The summed E-state index contributed by atoms with van der Waals surface area (Å²) in [4.78, 5) is 15.8. The fourth-order valence-corrected chi connectivity index (χ4v) is 1.68. The molecule has 0 aliphatic heterocycles. The number of halogens is 1. The second kappa shape index (κ2) is 6.48. The first-order valence-electron chi connectivity index (χ1n) is 5.60. The van der Waals surface area contributed by atoms with Crippen molar-refractivity contribution in [1.29, 1.82) is 0 Å². The lowest BCUT2D eigenvalue weighted by Gasteiger charge is -2.15. The molecule has 3 nitrogen and oxygen atoms in total. The number of hydrogen-bond acceptors (Lipinski definition) is 2. The lowest BCUT2D eigenvalue weighted by Crippen LogP contribution is -2.34. The first-order chi connectivity index (χ1) is 7.67.